The van der Waals surface area contributed by atoms with Gasteiger partial charge in [-0.15, -0.1) is 0 Å². The van der Waals surface area contributed by atoms with Crippen molar-refractivity contribution in [3.05, 3.63) is 145 Å². The maximum atomic E-state index is 12.7. The number of ether oxygens (including phenoxy) is 4. The fraction of sp³-hybridized carbons (Fsp3) is 0.245. The van der Waals surface area contributed by atoms with Crippen molar-refractivity contribution in [2.45, 2.75) is 64.9 Å². The van der Waals surface area contributed by atoms with Gasteiger partial charge in [-0.2, -0.15) is 0 Å². The quantitative estimate of drug-likeness (QED) is 0.0560. The summed E-state index contributed by atoms with van der Waals surface area (Å²) >= 11 is 0. The molecule has 1 unspecified atom stereocenters. The molecule has 8 aromatic rings. The van der Waals surface area contributed by atoms with E-state index in [2.05, 4.69) is 52.5 Å². The number of imidazole rings is 2. The molecule has 0 aliphatic carbocycles. The molecule has 0 bridgehead atoms. The van der Waals surface area contributed by atoms with E-state index in [9.17, 15) is 19.8 Å². The normalized spacial score (nSPS) is 11.7. The van der Waals surface area contributed by atoms with Crippen LogP contribution in [0.2, 0.25) is 0 Å². The van der Waals surface area contributed by atoms with E-state index in [1.807, 2.05) is 91.9 Å². The van der Waals surface area contributed by atoms with Crippen LogP contribution in [0.1, 0.15) is 56.1 Å². The number of aryl methyl sites for hydroxylation is 2. The zero-order valence-electron chi connectivity index (χ0n) is 36.8. The highest BCUT2D eigenvalue weighted by Gasteiger charge is 2.23. The third-order valence-electron chi connectivity index (χ3n) is 11.3. The standard InChI is InChI=1S/C53H52N4O8/c1-35-21-25-39(26-22-35)56-43-33-47(45(58)31-41(43)54-51(56)37-15-7-4-8-16-37)63-29-13-6-11-20-50(59)65-46(53(60)61)19-12-14-30-64-49-34-44-42(32-48(49)62-3)55-52(38-17-9-5-10-18-38)57(44)40-27-23-36(2)24-28-40/h4-5,7-10,15-18,21-28,31-34,46,58H,6,11-14,19-20,29-30H2,1-3H3,(H,60,61). The van der Waals surface area contributed by atoms with Gasteiger partial charge in [0.1, 0.15) is 11.6 Å². The van der Waals surface area contributed by atoms with E-state index in [0.29, 0.717) is 68.1 Å². The lowest BCUT2D eigenvalue weighted by Gasteiger charge is -2.15. The first-order chi connectivity index (χ1) is 31.7. The molecular formula is C53H52N4O8. The Balaban J connectivity index is 0.817. The largest absolute Gasteiger partial charge is 0.504 e. The van der Waals surface area contributed by atoms with Crippen LogP contribution in [0.15, 0.2) is 133 Å². The van der Waals surface area contributed by atoms with Crippen LogP contribution in [0.3, 0.4) is 0 Å². The molecular weight excluding hydrogens is 821 g/mol. The number of phenolic OH excluding ortho intramolecular Hbond substituents is 1. The summed E-state index contributed by atoms with van der Waals surface area (Å²) in [6.45, 7) is 4.70. The van der Waals surface area contributed by atoms with Gasteiger partial charge in [0.2, 0.25) is 0 Å². The number of rotatable bonds is 20. The molecule has 12 nitrogen and oxygen atoms in total. The number of carbonyl (C=O) groups excluding carboxylic acids is 1. The van der Waals surface area contributed by atoms with Gasteiger partial charge in [-0.3, -0.25) is 13.9 Å². The van der Waals surface area contributed by atoms with Gasteiger partial charge in [-0.05, 0) is 76.6 Å². The van der Waals surface area contributed by atoms with Gasteiger partial charge < -0.3 is 29.2 Å². The number of aliphatic carboxylic acids is 1. The van der Waals surface area contributed by atoms with E-state index in [0.717, 1.165) is 61.8 Å². The minimum Gasteiger partial charge on any atom is -0.504 e. The van der Waals surface area contributed by atoms with Gasteiger partial charge in [0, 0.05) is 53.2 Å². The topological polar surface area (TPSA) is 147 Å². The minimum absolute atomic E-state index is 0.0126. The number of aromatic hydroxyl groups is 1. The fourth-order valence-corrected chi connectivity index (χ4v) is 7.83. The molecule has 0 radical (unpaired) electrons. The molecule has 0 amide bonds. The number of fused-ring (bicyclic) bond motifs is 2. The summed E-state index contributed by atoms with van der Waals surface area (Å²) in [5.41, 5.74) is 9.14. The van der Waals surface area contributed by atoms with Crippen LogP contribution in [-0.4, -0.2) is 67.7 Å². The molecule has 8 rings (SSSR count). The molecule has 0 aliphatic rings. The van der Waals surface area contributed by atoms with E-state index >= 15 is 0 Å². The second kappa shape index (κ2) is 20.3. The van der Waals surface area contributed by atoms with Crippen molar-refractivity contribution in [2.75, 3.05) is 20.3 Å². The summed E-state index contributed by atoms with van der Waals surface area (Å²) in [6.07, 6.45) is 1.71. The Labute approximate surface area is 377 Å². The number of hydrogen-bond donors (Lipinski definition) is 2. The van der Waals surface area contributed by atoms with Gasteiger partial charge in [-0.1, -0.05) is 96.1 Å². The van der Waals surface area contributed by atoms with Crippen LogP contribution in [0, 0.1) is 13.8 Å². The Kier molecular flexibility index (Phi) is 13.7. The first kappa shape index (κ1) is 44.0. The molecule has 2 aromatic heterocycles. The lowest BCUT2D eigenvalue weighted by atomic mass is 10.1. The molecule has 2 N–H and O–H groups in total. The fourth-order valence-electron chi connectivity index (χ4n) is 7.83. The molecule has 0 saturated carbocycles. The molecule has 6 aromatic carbocycles. The number of esters is 1. The highest BCUT2D eigenvalue weighted by atomic mass is 16.6. The number of methoxy groups -OCH3 is 1. The van der Waals surface area contributed by atoms with E-state index in [1.54, 1.807) is 19.2 Å². The van der Waals surface area contributed by atoms with E-state index in [-0.39, 0.29) is 18.6 Å². The van der Waals surface area contributed by atoms with E-state index in [4.69, 9.17) is 28.9 Å². The Morgan fingerprint density at radius 2 is 1.11 bits per heavy atom. The van der Waals surface area contributed by atoms with Crippen molar-refractivity contribution in [2.24, 2.45) is 0 Å². The molecule has 332 valence electrons. The number of carboxylic acid groups (broad SMARTS) is 1. The number of carboxylic acids is 1. The molecule has 65 heavy (non-hydrogen) atoms. The predicted molar refractivity (Wildman–Crippen MR) is 252 cm³/mol. The highest BCUT2D eigenvalue weighted by molar-refractivity contribution is 5.87. The number of hydrogen-bond acceptors (Lipinski definition) is 9. The number of carbonyl (C=O) groups is 2. The maximum absolute atomic E-state index is 12.7. The van der Waals surface area contributed by atoms with Crippen LogP contribution in [-0.2, 0) is 14.3 Å². The Bertz CT molecular complexity index is 2890. The van der Waals surface area contributed by atoms with Crippen molar-refractivity contribution >= 4 is 34.0 Å². The van der Waals surface area contributed by atoms with Gasteiger partial charge in [0.15, 0.2) is 29.1 Å². The summed E-state index contributed by atoms with van der Waals surface area (Å²) in [5.74, 6) is 1.20. The summed E-state index contributed by atoms with van der Waals surface area (Å²) in [4.78, 5) is 34.7. The lowest BCUT2D eigenvalue weighted by Crippen LogP contribution is -2.27. The second-order valence-electron chi connectivity index (χ2n) is 16.1. The second-order valence-corrected chi connectivity index (χ2v) is 16.1. The smallest absolute Gasteiger partial charge is 0.345 e. The third kappa shape index (κ3) is 10.3. The lowest BCUT2D eigenvalue weighted by molar-refractivity contribution is -0.164. The third-order valence-corrected chi connectivity index (χ3v) is 11.3. The summed E-state index contributed by atoms with van der Waals surface area (Å²) in [5, 5.41) is 20.7. The van der Waals surface area contributed by atoms with Crippen molar-refractivity contribution in [1.29, 1.82) is 0 Å². The van der Waals surface area contributed by atoms with Crippen LogP contribution in [0.5, 0.6) is 23.0 Å². The molecule has 0 aliphatic heterocycles. The molecule has 0 saturated heterocycles. The van der Waals surface area contributed by atoms with Crippen molar-refractivity contribution in [3.8, 4) is 57.1 Å². The summed E-state index contributed by atoms with van der Waals surface area (Å²) in [6, 6.07) is 43.6. The monoisotopic (exact) mass is 872 g/mol. The van der Waals surface area contributed by atoms with Gasteiger partial charge >= 0.3 is 11.9 Å². The highest BCUT2D eigenvalue weighted by Crippen LogP contribution is 2.38. The zero-order valence-corrected chi connectivity index (χ0v) is 36.8. The van der Waals surface area contributed by atoms with Crippen LogP contribution >= 0.6 is 0 Å². The van der Waals surface area contributed by atoms with Gasteiger partial charge in [0.05, 0.1) is 42.4 Å². The van der Waals surface area contributed by atoms with Crippen molar-refractivity contribution in [3.63, 3.8) is 0 Å². The minimum atomic E-state index is -1.26. The first-order valence-corrected chi connectivity index (χ1v) is 22.0. The average Bonchev–Trinajstić information content (AvgIpc) is 3.88. The predicted octanol–water partition coefficient (Wildman–Crippen LogP) is 11.2. The maximum Gasteiger partial charge on any atom is 0.345 e. The Morgan fingerprint density at radius 1 is 0.600 bits per heavy atom. The van der Waals surface area contributed by atoms with Crippen molar-refractivity contribution < 1.29 is 38.7 Å². The van der Waals surface area contributed by atoms with Gasteiger partial charge in [-0.25, -0.2) is 14.8 Å². The summed E-state index contributed by atoms with van der Waals surface area (Å²) < 4.78 is 27.5. The molecule has 0 spiro atoms. The molecule has 0 fully saturated rings. The number of phenols is 1. The Morgan fingerprint density at radius 3 is 1.65 bits per heavy atom. The SMILES string of the molecule is COc1cc2nc(-c3ccccc3)n(-c3ccc(C)cc3)c2cc1OCCCCC(OC(=O)CCCCCOc1cc2c(cc1O)nc(-c1ccccc1)n2-c1ccc(C)cc1)C(=O)O. The Hall–Kier alpha value is -7.60. The van der Waals surface area contributed by atoms with E-state index in [1.165, 1.54) is 0 Å². The van der Waals surface area contributed by atoms with Crippen LogP contribution < -0.4 is 14.2 Å². The van der Waals surface area contributed by atoms with Gasteiger partial charge in [0.25, 0.3) is 0 Å². The average molecular weight is 873 g/mol. The van der Waals surface area contributed by atoms with Crippen LogP contribution in [0.4, 0.5) is 0 Å². The number of benzene rings is 6. The first-order valence-electron chi connectivity index (χ1n) is 22.0. The van der Waals surface area contributed by atoms with Crippen molar-refractivity contribution in [1.82, 2.24) is 19.1 Å². The number of aromatic nitrogens is 4. The van der Waals surface area contributed by atoms with Crippen LogP contribution in [0.25, 0.3) is 56.2 Å². The van der Waals surface area contributed by atoms with E-state index < -0.39 is 18.0 Å². The summed E-state index contributed by atoms with van der Waals surface area (Å²) in [7, 11) is 1.58. The molecule has 12 heteroatoms. The molecule has 1 atom stereocenters. The zero-order chi connectivity index (χ0) is 45.3. The number of unbranched alkanes of at least 4 members (excludes halogenated alkanes) is 3. The molecule has 2 heterocycles. The number of nitrogens with zero attached hydrogens (tertiary/aromatic N) is 4.